The second-order valence-electron chi connectivity index (χ2n) is 5.31. The van der Waals surface area contributed by atoms with Gasteiger partial charge in [-0.05, 0) is 50.1 Å². The third-order valence-corrected chi connectivity index (χ3v) is 3.47. The Morgan fingerprint density at radius 1 is 1.00 bits per heavy atom. The van der Waals surface area contributed by atoms with Gasteiger partial charge in [0.25, 0.3) is 0 Å². The first-order valence-corrected chi connectivity index (χ1v) is 6.78. The van der Waals surface area contributed by atoms with Gasteiger partial charge in [-0.3, -0.25) is 0 Å². The van der Waals surface area contributed by atoms with E-state index in [4.69, 9.17) is 0 Å². The maximum absolute atomic E-state index is 12.7. The summed E-state index contributed by atoms with van der Waals surface area (Å²) in [6, 6.07) is 11.2. The van der Waals surface area contributed by atoms with E-state index >= 15 is 0 Å². The van der Waals surface area contributed by atoms with Crippen molar-refractivity contribution in [2.75, 3.05) is 5.32 Å². The second-order valence-corrected chi connectivity index (χ2v) is 5.31. The van der Waals surface area contributed by atoms with E-state index in [0.717, 1.165) is 22.9 Å². The zero-order valence-corrected chi connectivity index (χ0v) is 12.3. The average Bonchev–Trinajstić information content (AvgIpc) is 2.41. The predicted molar refractivity (Wildman–Crippen MR) is 79.4 cm³/mol. The van der Waals surface area contributed by atoms with Crippen molar-refractivity contribution < 1.29 is 13.2 Å². The van der Waals surface area contributed by atoms with E-state index in [-0.39, 0.29) is 6.04 Å². The van der Waals surface area contributed by atoms with Crippen LogP contribution in [0.15, 0.2) is 42.5 Å². The number of halogens is 3. The Morgan fingerprint density at radius 3 is 2.33 bits per heavy atom. The van der Waals surface area contributed by atoms with Crippen LogP contribution in [0.25, 0.3) is 0 Å². The van der Waals surface area contributed by atoms with E-state index < -0.39 is 11.7 Å². The fourth-order valence-corrected chi connectivity index (χ4v) is 2.28. The van der Waals surface area contributed by atoms with Gasteiger partial charge in [0.2, 0.25) is 0 Å². The molecule has 0 aliphatic rings. The minimum atomic E-state index is -4.31. The highest BCUT2D eigenvalue weighted by atomic mass is 19.4. The molecule has 0 heterocycles. The smallest absolute Gasteiger partial charge is 0.378 e. The summed E-state index contributed by atoms with van der Waals surface area (Å²) in [5.41, 5.74) is 3.17. The Labute approximate surface area is 122 Å². The van der Waals surface area contributed by atoms with Crippen LogP contribution in [0.2, 0.25) is 0 Å². The number of hydrogen-bond donors (Lipinski definition) is 1. The maximum Gasteiger partial charge on any atom is 0.416 e. The third kappa shape index (κ3) is 3.78. The standard InChI is InChI=1S/C17H18F3N/c1-11-7-8-16(12(2)9-11)21-13(3)14-5-4-6-15(10-14)17(18,19)20/h4-10,13,21H,1-3H3. The summed E-state index contributed by atoms with van der Waals surface area (Å²) in [5.74, 6) is 0. The summed E-state index contributed by atoms with van der Waals surface area (Å²) in [5, 5.41) is 3.26. The van der Waals surface area contributed by atoms with Crippen molar-refractivity contribution in [1.29, 1.82) is 0 Å². The molecular formula is C17H18F3N. The van der Waals surface area contributed by atoms with Crippen LogP contribution in [-0.2, 0) is 6.18 Å². The first-order chi connectivity index (χ1) is 9.77. The van der Waals surface area contributed by atoms with Crippen LogP contribution in [0.5, 0.6) is 0 Å². The van der Waals surface area contributed by atoms with E-state index in [1.165, 1.54) is 12.1 Å². The Hall–Kier alpha value is -1.97. The molecule has 0 bridgehead atoms. The number of nitrogens with one attached hydrogen (secondary N) is 1. The minimum absolute atomic E-state index is 0.200. The minimum Gasteiger partial charge on any atom is -0.378 e. The highest BCUT2D eigenvalue weighted by Gasteiger charge is 2.30. The summed E-state index contributed by atoms with van der Waals surface area (Å²) in [6.07, 6.45) is -4.31. The second kappa shape index (κ2) is 5.80. The first kappa shape index (κ1) is 15.4. The van der Waals surface area contributed by atoms with Gasteiger partial charge >= 0.3 is 6.18 Å². The monoisotopic (exact) mass is 293 g/mol. The summed E-state index contributed by atoms with van der Waals surface area (Å²) < 4.78 is 38.2. The Kier molecular flexibility index (Phi) is 4.26. The van der Waals surface area contributed by atoms with Crippen molar-refractivity contribution in [2.45, 2.75) is 33.0 Å². The lowest BCUT2D eigenvalue weighted by Gasteiger charge is -2.19. The molecule has 21 heavy (non-hydrogen) atoms. The van der Waals surface area contributed by atoms with Gasteiger partial charge in [0, 0.05) is 11.7 Å². The highest BCUT2D eigenvalue weighted by Crippen LogP contribution is 2.31. The Morgan fingerprint density at radius 2 is 1.71 bits per heavy atom. The molecule has 2 rings (SSSR count). The molecule has 1 nitrogen and oxygen atoms in total. The summed E-state index contributed by atoms with van der Waals surface area (Å²) >= 11 is 0. The molecule has 2 aromatic carbocycles. The summed E-state index contributed by atoms with van der Waals surface area (Å²) in [7, 11) is 0. The number of anilines is 1. The van der Waals surface area contributed by atoms with Gasteiger partial charge < -0.3 is 5.32 Å². The quantitative estimate of drug-likeness (QED) is 0.788. The van der Waals surface area contributed by atoms with E-state index in [0.29, 0.717) is 5.56 Å². The third-order valence-electron chi connectivity index (χ3n) is 3.47. The number of aryl methyl sites for hydroxylation is 2. The van der Waals surface area contributed by atoms with E-state index in [1.807, 2.05) is 39.0 Å². The zero-order chi connectivity index (χ0) is 15.6. The fraction of sp³-hybridized carbons (Fsp3) is 0.294. The van der Waals surface area contributed by atoms with Crippen molar-refractivity contribution in [1.82, 2.24) is 0 Å². The molecule has 0 aromatic heterocycles. The van der Waals surface area contributed by atoms with Crippen molar-refractivity contribution in [3.63, 3.8) is 0 Å². The molecule has 0 radical (unpaired) electrons. The van der Waals surface area contributed by atoms with Crippen molar-refractivity contribution in [2.24, 2.45) is 0 Å². The molecule has 0 aliphatic heterocycles. The lowest BCUT2D eigenvalue weighted by molar-refractivity contribution is -0.137. The normalized spacial score (nSPS) is 13.0. The lowest BCUT2D eigenvalue weighted by Crippen LogP contribution is -2.10. The topological polar surface area (TPSA) is 12.0 Å². The van der Waals surface area contributed by atoms with Crippen LogP contribution < -0.4 is 5.32 Å². The SMILES string of the molecule is Cc1ccc(NC(C)c2cccc(C(F)(F)F)c2)c(C)c1. The van der Waals surface area contributed by atoms with Crippen LogP contribution in [0, 0.1) is 13.8 Å². The Balaban J connectivity index is 2.22. The van der Waals surface area contributed by atoms with Crippen LogP contribution in [0.4, 0.5) is 18.9 Å². The molecule has 0 saturated carbocycles. The lowest BCUT2D eigenvalue weighted by atomic mass is 10.0. The van der Waals surface area contributed by atoms with Crippen LogP contribution >= 0.6 is 0 Å². The Bertz CT molecular complexity index is 632. The zero-order valence-electron chi connectivity index (χ0n) is 12.3. The van der Waals surface area contributed by atoms with Gasteiger partial charge in [-0.2, -0.15) is 13.2 Å². The molecule has 2 aromatic rings. The van der Waals surface area contributed by atoms with Crippen molar-refractivity contribution in [3.05, 3.63) is 64.7 Å². The molecule has 0 aliphatic carbocycles. The number of benzene rings is 2. The molecule has 0 spiro atoms. The highest BCUT2D eigenvalue weighted by molar-refractivity contribution is 5.53. The van der Waals surface area contributed by atoms with Gasteiger partial charge in [0.15, 0.2) is 0 Å². The van der Waals surface area contributed by atoms with E-state index in [2.05, 4.69) is 5.32 Å². The molecular weight excluding hydrogens is 275 g/mol. The van der Waals surface area contributed by atoms with E-state index in [1.54, 1.807) is 6.07 Å². The molecule has 1 atom stereocenters. The number of alkyl halides is 3. The van der Waals surface area contributed by atoms with Gasteiger partial charge in [-0.1, -0.05) is 29.8 Å². The van der Waals surface area contributed by atoms with Crippen LogP contribution in [0.3, 0.4) is 0 Å². The maximum atomic E-state index is 12.7. The summed E-state index contributed by atoms with van der Waals surface area (Å²) in [6.45, 7) is 5.84. The number of rotatable bonds is 3. The molecule has 0 saturated heterocycles. The average molecular weight is 293 g/mol. The molecule has 0 fully saturated rings. The van der Waals surface area contributed by atoms with Crippen LogP contribution in [-0.4, -0.2) is 0 Å². The first-order valence-electron chi connectivity index (χ1n) is 6.78. The van der Waals surface area contributed by atoms with Gasteiger partial charge in [0.1, 0.15) is 0 Å². The van der Waals surface area contributed by atoms with Crippen molar-refractivity contribution in [3.8, 4) is 0 Å². The molecule has 112 valence electrons. The largest absolute Gasteiger partial charge is 0.416 e. The van der Waals surface area contributed by atoms with E-state index in [9.17, 15) is 13.2 Å². The predicted octanol–water partition coefficient (Wildman–Crippen LogP) is 5.50. The van der Waals surface area contributed by atoms with Crippen molar-refractivity contribution >= 4 is 5.69 Å². The molecule has 1 unspecified atom stereocenters. The molecule has 1 N–H and O–H groups in total. The van der Waals surface area contributed by atoms with Gasteiger partial charge in [-0.25, -0.2) is 0 Å². The molecule has 0 amide bonds. The fourth-order valence-electron chi connectivity index (χ4n) is 2.28. The number of hydrogen-bond acceptors (Lipinski definition) is 1. The van der Waals surface area contributed by atoms with Gasteiger partial charge in [0.05, 0.1) is 5.56 Å². The molecule has 4 heteroatoms. The summed E-state index contributed by atoms with van der Waals surface area (Å²) in [4.78, 5) is 0. The van der Waals surface area contributed by atoms with Crippen LogP contribution in [0.1, 0.15) is 35.2 Å². The van der Waals surface area contributed by atoms with Gasteiger partial charge in [-0.15, -0.1) is 0 Å².